The summed E-state index contributed by atoms with van der Waals surface area (Å²) < 4.78 is 10.0. The van der Waals surface area contributed by atoms with Crippen LogP contribution in [0.1, 0.15) is 17.4 Å². The summed E-state index contributed by atoms with van der Waals surface area (Å²) in [6.07, 6.45) is 1.71. The van der Waals surface area contributed by atoms with Crippen LogP contribution in [0.5, 0.6) is 5.88 Å². The van der Waals surface area contributed by atoms with Gasteiger partial charge in [-0.1, -0.05) is 0 Å². The predicted molar refractivity (Wildman–Crippen MR) is 91.0 cm³/mol. The number of esters is 1. The lowest BCUT2D eigenvalue weighted by atomic mass is 10.3. The maximum absolute atomic E-state index is 11.4. The molecule has 0 aliphatic carbocycles. The Labute approximate surface area is 145 Å². The molecule has 0 spiro atoms. The van der Waals surface area contributed by atoms with Gasteiger partial charge in [-0.15, -0.1) is 10.2 Å². The lowest BCUT2D eigenvalue weighted by Gasteiger charge is -2.35. The normalized spacial score (nSPS) is 14.3. The number of nitrogens with zero attached hydrogens (tertiary/aromatic N) is 6. The number of hydrogen-bond donors (Lipinski definition) is 0. The summed E-state index contributed by atoms with van der Waals surface area (Å²) >= 11 is 0. The van der Waals surface area contributed by atoms with Crippen molar-refractivity contribution in [3.05, 3.63) is 30.1 Å². The Hall–Kier alpha value is -2.97. The highest BCUT2D eigenvalue weighted by molar-refractivity contribution is 5.86. The summed E-state index contributed by atoms with van der Waals surface area (Å²) in [7, 11) is 1.32. The Morgan fingerprint density at radius 1 is 1.12 bits per heavy atom. The maximum Gasteiger partial charge on any atom is 0.358 e. The highest BCUT2D eigenvalue weighted by atomic mass is 16.5. The number of carbonyl (C=O) groups is 1. The van der Waals surface area contributed by atoms with Gasteiger partial charge in [-0.2, -0.15) is 4.98 Å². The second kappa shape index (κ2) is 7.73. The molecule has 25 heavy (non-hydrogen) atoms. The zero-order valence-electron chi connectivity index (χ0n) is 14.3. The van der Waals surface area contributed by atoms with Crippen molar-refractivity contribution in [2.75, 3.05) is 49.7 Å². The number of methoxy groups -OCH3 is 1. The Kier molecular flexibility index (Phi) is 5.22. The van der Waals surface area contributed by atoms with Crippen LogP contribution in [0.15, 0.2) is 24.4 Å². The van der Waals surface area contributed by atoms with Crippen LogP contribution in [0.25, 0.3) is 0 Å². The second-order valence-corrected chi connectivity index (χ2v) is 5.37. The zero-order valence-corrected chi connectivity index (χ0v) is 14.3. The average Bonchev–Trinajstić information content (AvgIpc) is 2.68. The predicted octanol–water partition coefficient (Wildman–Crippen LogP) is 0.778. The standard InChI is InChI=1S/C16H20N6O3/c1-3-25-14-6-7-17-16(18-14)22-10-8-21(9-11-22)13-5-4-12(19-20-13)15(23)24-2/h4-7H,3,8-11H2,1-2H3. The monoisotopic (exact) mass is 344 g/mol. The molecule has 9 nitrogen and oxygen atoms in total. The quantitative estimate of drug-likeness (QED) is 0.729. The Morgan fingerprint density at radius 3 is 2.52 bits per heavy atom. The summed E-state index contributed by atoms with van der Waals surface area (Å²) in [6, 6.07) is 5.15. The third kappa shape index (κ3) is 3.93. The number of rotatable bonds is 5. The van der Waals surface area contributed by atoms with Crippen molar-refractivity contribution in [1.29, 1.82) is 0 Å². The van der Waals surface area contributed by atoms with Crippen LogP contribution in [0, 0.1) is 0 Å². The number of ether oxygens (including phenoxy) is 2. The topological polar surface area (TPSA) is 93.6 Å². The molecule has 0 amide bonds. The van der Waals surface area contributed by atoms with E-state index in [1.165, 1.54) is 7.11 Å². The van der Waals surface area contributed by atoms with Gasteiger partial charge in [0.1, 0.15) is 0 Å². The molecule has 3 rings (SSSR count). The molecule has 1 aliphatic rings. The van der Waals surface area contributed by atoms with Crippen molar-refractivity contribution in [2.45, 2.75) is 6.92 Å². The smallest absolute Gasteiger partial charge is 0.358 e. The third-order valence-electron chi connectivity index (χ3n) is 3.84. The van der Waals surface area contributed by atoms with Crippen molar-refractivity contribution < 1.29 is 14.3 Å². The maximum atomic E-state index is 11.4. The third-order valence-corrected chi connectivity index (χ3v) is 3.84. The number of hydrogen-bond acceptors (Lipinski definition) is 9. The molecule has 1 aliphatic heterocycles. The van der Waals surface area contributed by atoms with Gasteiger partial charge in [0.05, 0.1) is 13.7 Å². The van der Waals surface area contributed by atoms with E-state index < -0.39 is 5.97 Å². The van der Waals surface area contributed by atoms with E-state index in [2.05, 4.69) is 34.7 Å². The first-order chi connectivity index (χ1) is 12.2. The first kappa shape index (κ1) is 16.9. The summed E-state index contributed by atoms with van der Waals surface area (Å²) in [4.78, 5) is 24.4. The number of aromatic nitrogens is 4. The highest BCUT2D eigenvalue weighted by Gasteiger charge is 2.21. The van der Waals surface area contributed by atoms with Crippen molar-refractivity contribution in [3.63, 3.8) is 0 Å². The molecule has 0 saturated carbocycles. The molecular formula is C16H20N6O3. The van der Waals surface area contributed by atoms with Crippen molar-refractivity contribution in [2.24, 2.45) is 0 Å². The molecular weight excluding hydrogens is 324 g/mol. The van der Waals surface area contributed by atoms with Gasteiger partial charge in [0.2, 0.25) is 11.8 Å². The fraction of sp³-hybridized carbons (Fsp3) is 0.438. The van der Waals surface area contributed by atoms with Gasteiger partial charge in [0.25, 0.3) is 0 Å². The molecule has 0 N–H and O–H groups in total. The summed E-state index contributed by atoms with van der Waals surface area (Å²) in [5, 5.41) is 8.03. The molecule has 0 unspecified atom stereocenters. The highest BCUT2D eigenvalue weighted by Crippen LogP contribution is 2.17. The van der Waals surface area contributed by atoms with Gasteiger partial charge in [-0.3, -0.25) is 0 Å². The first-order valence-electron chi connectivity index (χ1n) is 8.09. The molecule has 1 saturated heterocycles. The van der Waals surface area contributed by atoms with Gasteiger partial charge in [0.15, 0.2) is 11.5 Å². The minimum atomic E-state index is -0.491. The Morgan fingerprint density at radius 2 is 1.88 bits per heavy atom. The van der Waals surface area contributed by atoms with Crippen LogP contribution in [0.4, 0.5) is 11.8 Å². The summed E-state index contributed by atoms with van der Waals surface area (Å²) in [5.74, 6) is 1.49. The van der Waals surface area contributed by atoms with E-state index in [4.69, 9.17) is 4.74 Å². The lowest BCUT2D eigenvalue weighted by molar-refractivity contribution is 0.0592. The molecule has 2 aromatic rings. The van der Waals surface area contributed by atoms with Crippen LogP contribution < -0.4 is 14.5 Å². The molecule has 0 aromatic carbocycles. The van der Waals surface area contributed by atoms with Crippen LogP contribution in [-0.2, 0) is 4.74 Å². The van der Waals surface area contributed by atoms with E-state index in [1.54, 1.807) is 24.4 Å². The summed E-state index contributed by atoms with van der Waals surface area (Å²) in [5.41, 5.74) is 0.200. The number of piperazine rings is 1. The van der Waals surface area contributed by atoms with Gasteiger partial charge in [-0.25, -0.2) is 9.78 Å². The number of carbonyl (C=O) groups excluding carboxylic acids is 1. The van der Waals surface area contributed by atoms with E-state index in [1.807, 2.05) is 6.92 Å². The minimum Gasteiger partial charge on any atom is -0.478 e. The Bertz CT molecular complexity index is 716. The zero-order chi connectivity index (χ0) is 17.6. The fourth-order valence-corrected chi connectivity index (χ4v) is 2.56. The molecule has 0 atom stereocenters. The largest absolute Gasteiger partial charge is 0.478 e. The molecule has 1 fully saturated rings. The fourth-order valence-electron chi connectivity index (χ4n) is 2.56. The molecule has 9 heteroatoms. The van der Waals surface area contributed by atoms with Crippen molar-refractivity contribution >= 4 is 17.7 Å². The van der Waals surface area contributed by atoms with E-state index >= 15 is 0 Å². The lowest BCUT2D eigenvalue weighted by Crippen LogP contribution is -2.47. The van der Waals surface area contributed by atoms with E-state index in [-0.39, 0.29) is 5.69 Å². The van der Waals surface area contributed by atoms with E-state index in [9.17, 15) is 4.79 Å². The second-order valence-electron chi connectivity index (χ2n) is 5.37. The van der Waals surface area contributed by atoms with Crippen molar-refractivity contribution in [3.8, 4) is 5.88 Å². The minimum absolute atomic E-state index is 0.200. The molecule has 0 bridgehead atoms. The van der Waals surface area contributed by atoms with Crippen LogP contribution in [0.2, 0.25) is 0 Å². The van der Waals surface area contributed by atoms with Gasteiger partial charge < -0.3 is 19.3 Å². The average molecular weight is 344 g/mol. The van der Waals surface area contributed by atoms with E-state index in [0.29, 0.717) is 18.4 Å². The van der Waals surface area contributed by atoms with Crippen molar-refractivity contribution in [1.82, 2.24) is 20.2 Å². The molecule has 2 aromatic heterocycles. The molecule has 3 heterocycles. The molecule has 132 valence electrons. The SMILES string of the molecule is CCOc1ccnc(N2CCN(c3ccc(C(=O)OC)nn3)CC2)n1. The van der Waals surface area contributed by atoms with Gasteiger partial charge in [-0.05, 0) is 19.1 Å². The van der Waals surface area contributed by atoms with Gasteiger partial charge >= 0.3 is 5.97 Å². The van der Waals surface area contributed by atoms with Crippen LogP contribution >= 0.6 is 0 Å². The van der Waals surface area contributed by atoms with Crippen LogP contribution in [-0.4, -0.2) is 66.0 Å². The van der Waals surface area contributed by atoms with E-state index in [0.717, 1.165) is 32.0 Å². The first-order valence-corrected chi connectivity index (χ1v) is 8.09. The molecule has 0 radical (unpaired) electrons. The Balaban J connectivity index is 1.61. The van der Waals surface area contributed by atoms with Crippen LogP contribution in [0.3, 0.4) is 0 Å². The summed E-state index contributed by atoms with van der Waals surface area (Å²) in [6.45, 7) is 5.53. The van der Waals surface area contributed by atoms with Gasteiger partial charge in [0, 0.05) is 38.4 Å². The number of anilines is 2.